The van der Waals surface area contributed by atoms with Crippen LogP contribution in [-0.4, -0.2) is 45.3 Å². The van der Waals surface area contributed by atoms with Crippen molar-refractivity contribution in [1.29, 1.82) is 0 Å². The molecule has 0 unspecified atom stereocenters. The van der Waals surface area contributed by atoms with Crippen molar-refractivity contribution in [3.63, 3.8) is 0 Å². The van der Waals surface area contributed by atoms with Crippen LogP contribution >= 0.6 is 0 Å². The van der Waals surface area contributed by atoms with Crippen LogP contribution in [0.4, 0.5) is 0 Å². The zero-order valence-corrected chi connectivity index (χ0v) is 22.2. The molecule has 5 nitrogen and oxygen atoms in total. The molecule has 1 aliphatic rings. The molecular weight excluding hydrogens is 458 g/mol. The van der Waals surface area contributed by atoms with E-state index in [0.717, 1.165) is 57.2 Å². The van der Waals surface area contributed by atoms with Gasteiger partial charge < -0.3 is 14.4 Å². The molecule has 2 amide bonds. The molecule has 37 heavy (non-hydrogen) atoms. The van der Waals surface area contributed by atoms with Crippen LogP contribution in [0, 0.1) is 0 Å². The smallest absolute Gasteiger partial charge is 0.254 e. The summed E-state index contributed by atoms with van der Waals surface area (Å²) in [5.41, 5.74) is 3.02. The van der Waals surface area contributed by atoms with E-state index in [0.29, 0.717) is 18.7 Å². The van der Waals surface area contributed by atoms with Crippen LogP contribution < -0.4 is 0 Å². The highest BCUT2D eigenvalue weighted by Crippen LogP contribution is 2.25. The van der Waals surface area contributed by atoms with Crippen LogP contribution in [0.15, 0.2) is 79.0 Å². The van der Waals surface area contributed by atoms with Gasteiger partial charge in [0, 0.05) is 36.6 Å². The molecule has 1 saturated carbocycles. The summed E-state index contributed by atoms with van der Waals surface area (Å²) < 4.78 is 2.24. The lowest BCUT2D eigenvalue weighted by Gasteiger charge is -2.36. The van der Waals surface area contributed by atoms with Gasteiger partial charge in [-0.1, -0.05) is 87.6 Å². The molecule has 0 bridgehead atoms. The van der Waals surface area contributed by atoms with Gasteiger partial charge in [-0.15, -0.1) is 0 Å². The van der Waals surface area contributed by atoms with Crippen LogP contribution in [0.2, 0.25) is 0 Å². The third-order valence-electron chi connectivity index (χ3n) is 7.45. The maximum absolute atomic E-state index is 13.9. The molecule has 0 radical (unpaired) electrons. The van der Waals surface area contributed by atoms with Gasteiger partial charge in [0.25, 0.3) is 5.91 Å². The maximum Gasteiger partial charge on any atom is 0.254 e. The molecule has 1 fully saturated rings. The molecule has 0 aliphatic heterocycles. The molecule has 0 saturated heterocycles. The molecule has 0 spiro atoms. The van der Waals surface area contributed by atoms with E-state index < -0.39 is 0 Å². The minimum Gasteiger partial charge on any atom is -0.345 e. The van der Waals surface area contributed by atoms with Crippen LogP contribution in [0.5, 0.6) is 0 Å². The second kappa shape index (κ2) is 13.8. The van der Waals surface area contributed by atoms with Crippen LogP contribution in [0.25, 0.3) is 0 Å². The average Bonchev–Trinajstić information content (AvgIpc) is 3.38. The van der Waals surface area contributed by atoms with Gasteiger partial charge in [-0.3, -0.25) is 9.59 Å². The second-order valence-electron chi connectivity index (χ2n) is 10.2. The fraction of sp³-hybridized carbons (Fsp3) is 0.438. The summed E-state index contributed by atoms with van der Waals surface area (Å²) in [6, 6.07) is 24.2. The maximum atomic E-state index is 13.9. The fourth-order valence-corrected chi connectivity index (χ4v) is 5.34. The van der Waals surface area contributed by atoms with Crippen LogP contribution in [-0.2, 0) is 17.9 Å². The number of rotatable bonds is 12. The molecule has 1 aliphatic carbocycles. The molecular formula is C32H41N3O2. The second-order valence-corrected chi connectivity index (χ2v) is 10.2. The summed E-state index contributed by atoms with van der Waals surface area (Å²) in [4.78, 5) is 31.2. The molecule has 196 valence electrons. The molecule has 2 aromatic carbocycles. The Hall–Kier alpha value is -3.34. The van der Waals surface area contributed by atoms with Crippen LogP contribution in [0.1, 0.15) is 79.9 Å². The Morgan fingerprint density at radius 3 is 2.27 bits per heavy atom. The van der Waals surface area contributed by atoms with Gasteiger partial charge in [-0.25, -0.2) is 0 Å². The number of unbranched alkanes of at least 4 members (excludes halogenated alkanes) is 2. The highest BCUT2D eigenvalue weighted by molar-refractivity contribution is 5.96. The lowest BCUT2D eigenvalue weighted by Crippen LogP contribution is -2.47. The van der Waals surface area contributed by atoms with Crippen molar-refractivity contribution in [3.05, 3.63) is 95.8 Å². The summed E-state index contributed by atoms with van der Waals surface area (Å²) in [6.45, 7) is 4.25. The predicted octanol–water partition coefficient (Wildman–Crippen LogP) is 6.53. The first-order chi connectivity index (χ1) is 18.2. The fourth-order valence-electron chi connectivity index (χ4n) is 5.34. The van der Waals surface area contributed by atoms with Gasteiger partial charge in [-0.05, 0) is 49.1 Å². The Bertz CT molecular complexity index is 1100. The topological polar surface area (TPSA) is 45.6 Å². The summed E-state index contributed by atoms with van der Waals surface area (Å²) in [7, 11) is 0. The van der Waals surface area contributed by atoms with Crippen molar-refractivity contribution >= 4 is 11.8 Å². The molecule has 3 aromatic rings. The Kier molecular flexibility index (Phi) is 9.98. The average molecular weight is 500 g/mol. The molecule has 1 aromatic heterocycles. The van der Waals surface area contributed by atoms with Crippen LogP contribution in [0.3, 0.4) is 0 Å². The van der Waals surface area contributed by atoms with E-state index in [-0.39, 0.29) is 24.4 Å². The van der Waals surface area contributed by atoms with Crippen molar-refractivity contribution in [1.82, 2.24) is 14.4 Å². The van der Waals surface area contributed by atoms with E-state index in [4.69, 9.17) is 0 Å². The molecule has 1 heterocycles. The van der Waals surface area contributed by atoms with E-state index in [9.17, 15) is 9.59 Å². The summed E-state index contributed by atoms with van der Waals surface area (Å²) in [5.74, 6) is 0.00115. The number of nitrogens with zero attached hydrogens (tertiary/aromatic N) is 3. The third kappa shape index (κ3) is 7.58. The van der Waals surface area contributed by atoms with Crippen molar-refractivity contribution in [2.45, 2.75) is 77.4 Å². The Balaban J connectivity index is 1.53. The number of carbonyl (C=O) groups excluding carboxylic acids is 2. The Labute approximate surface area is 222 Å². The molecule has 0 N–H and O–H groups in total. The van der Waals surface area contributed by atoms with Crippen molar-refractivity contribution < 1.29 is 9.59 Å². The van der Waals surface area contributed by atoms with Gasteiger partial charge >= 0.3 is 0 Å². The lowest BCUT2D eigenvalue weighted by atomic mass is 9.94. The van der Waals surface area contributed by atoms with Gasteiger partial charge in [0.15, 0.2) is 0 Å². The zero-order chi connectivity index (χ0) is 25.9. The Morgan fingerprint density at radius 2 is 1.57 bits per heavy atom. The lowest BCUT2D eigenvalue weighted by molar-refractivity contribution is -0.135. The first-order valence-corrected chi connectivity index (χ1v) is 14.0. The van der Waals surface area contributed by atoms with E-state index in [1.165, 1.54) is 12.0 Å². The highest BCUT2D eigenvalue weighted by atomic mass is 16.2. The van der Waals surface area contributed by atoms with Gasteiger partial charge in [0.1, 0.15) is 6.54 Å². The monoisotopic (exact) mass is 499 g/mol. The standard InChI is InChI=1S/C32H41N3O2/c1-2-3-13-22-34(32(37)28-17-9-5-10-18-28)26-31(36)35(29-19-11-6-12-20-29)25-30-21-14-23-33(30)24-27-15-7-4-8-16-27/h4-5,7-10,14-18,21,23,29H,2-3,6,11-13,19-20,22,24-26H2,1H3. The number of benzene rings is 2. The SMILES string of the molecule is CCCCCN(CC(=O)N(Cc1cccn1Cc1ccccc1)C1CCCCC1)C(=O)c1ccccc1. The van der Waals surface area contributed by atoms with E-state index in [1.54, 1.807) is 4.90 Å². The minimum atomic E-state index is -0.0545. The first kappa shape index (κ1) is 26.7. The van der Waals surface area contributed by atoms with Gasteiger partial charge in [0.05, 0.1) is 6.54 Å². The number of hydrogen-bond donors (Lipinski definition) is 0. The van der Waals surface area contributed by atoms with Crippen molar-refractivity contribution in [2.75, 3.05) is 13.1 Å². The Morgan fingerprint density at radius 1 is 0.865 bits per heavy atom. The summed E-state index contributed by atoms with van der Waals surface area (Å²) in [6.07, 6.45) is 10.7. The number of aromatic nitrogens is 1. The summed E-state index contributed by atoms with van der Waals surface area (Å²) in [5, 5.41) is 0. The number of amides is 2. The van der Waals surface area contributed by atoms with E-state index >= 15 is 0 Å². The summed E-state index contributed by atoms with van der Waals surface area (Å²) >= 11 is 0. The van der Waals surface area contributed by atoms with Gasteiger partial charge in [-0.2, -0.15) is 0 Å². The predicted molar refractivity (Wildman–Crippen MR) is 149 cm³/mol. The van der Waals surface area contributed by atoms with E-state index in [2.05, 4.69) is 59.0 Å². The van der Waals surface area contributed by atoms with Crippen molar-refractivity contribution in [2.24, 2.45) is 0 Å². The molecule has 5 heteroatoms. The molecule has 0 atom stereocenters. The first-order valence-electron chi connectivity index (χ1n) is 14.0. The molecule has 4 rings (SSSR count). The largest absolute Gasteiger partial charge is 0.345 e. The zero-order valence-electron chi connectivity index (χ0n) is 22.2. The quantitative estimate of drug-likeness (QED) is 0.266. The minimum absolute atomic E-state index is 0.0545. The van der Waals surface area contributed by atoms with Gasteiger partial charge in [0.2, 0.25) is 5.91 Å². The number of carbonyl (C=O) groups is 2. The normalized spacial score (nSPS) is 13.9. The highest BCUT2D eigenvalue weighted by Gasteiger charge is 2.29. The third-order valence-corrected chi connectivity index (χ3v) is 7.45. The van der Waals surface area contributed by atoms with E-state index in [1.807, 2.05) is 36.4 Å². The van der Waals surface area contributed by atoms with Crippen molar-refractivity contribution in [3.8, 4) is 0 Å². The number of hydrogen-bond acceptors (Lipinski definition) is 2.